The fourth-order valence-corrected chi connectivity index (χ4v) is 2.60. The van der Waals surface area contributed by atoms with E-state index in [2.05, 4.69) is 26.8 Å². The second-order valence-corrected chi connectivity index (χ2v) is 5.67. The third-order valence-electron chi connectivity index (χ3n) is 2.98. The van der Waals surface area contributed by atoms with Gasteiger partial charge in [-0.3, -0.25) is 0 Å². The van der Waals surface area contributed by atoms with Gasteiger partial charge in [-0.2, -0.15) is 0 Å². The van der Waals surface area contributed by atoms with Gasteiger partial charge in [0.2, 0.25) is 0 Å². The maximum Gasteiger partial charge on any atom is 0.172 e. The molecule has 1 aromatic carbocycles. The van der Waals surface area contributed by atoms with E-state index < -0.39 is 0 Å². The van der Waals surface area contributed by atoms with Gasteiger partial charge in [-0.05, 0) is 64.4 Å². The van der Waals surface area contributed by atoms with Gasteiger partial charge < -0.3 is 10.6 Å². The Morgan fingerprint density at radius 2 is 2.19 bits per heavy atom. The number of benzene rings is 1. The molecule has 0 saturated carbocycles. The van der Waals surface area contributed by atoms with Gasteiger partial charge in [-0.15, -0.1) is 6.42 Å². The number of hydrogen-bond donors (Lipinski definition) is 1. The summed E-state index contributed by atoms with van der Waals surface area (Å²) in [6.45, 7) is 0.638. The molecule has 1 aromatic heterocycles. The van der Waals surface area contributed by atoms with Crippen molar-refractivity contribution in [1.29, 1.82) is 0 Å². The summed E-state index contributed by atoms with van der Waals surface area (Å²) < 4.78 is 0.857. The molecule has 3 nitrogen and oxygen atoms in total. The van der Waals surface area contributed by atoms with Crippen LogP contribution in [0.25, 0.3) is 0 Å². The van der Waals surface area contributed by atoms with Crippen molar-refractivity contribution in [3.8, 4) is 12.3 Å². The van der Waals surface area contributed by atoms with Crippen molar-refractivity contribution < 1.29 is 0 Å². The maximum atomic E-state index is 5.82. The van der Waals surface area contributed by atoms with E-state index in [0.29, 0.717) is 11.7 Å². The smallest absolute Gasteiger partial charge is 0.172 e. The van der Waals surface area contributed by atoms with Crippen LogP contribution in [0.4, 0.5) is 5.82 Å². The summed E-state index contributed by atoms with van der Waals surface area (Å²) in [6, 6.07) is 11.6. The molecule has 0 saturated heterocycles. The van der Waals surface area contributed by atoms with Gasteiger partial charge in [0.25, 0.3) is 0 Å². The summed E-state index contributed by atoms with van der Waals surface area (Å²) in [5.74, 6) is 3.36. The van der Waals surface area contributed by atoms with Crippen LogP contribution in [0.5, 0.6) is 0 Å². The van der Waals surface area contributed by atoms with Crippen molar-refractivity contribution in [1.82, 2.24) is 4.98 Å². The molecule has 0 aliphatic heterocycles. The van der Waals surface area contributed by atoms with E-state index in [1.807, 2.05) is 41.3 Å². The molecule has 106 valence electrons. The molecule has 0 amide bonds. The van der Waals surface area contributed by atoms with Crippen molar-refractivity contribution in [2.45, 2.75) is 6.42 Å². The second-order valence-electron chi connectivity index (χ2n) is 4.39. The zero-order chi connectivity index (χ0) is 15.2. The summed E-state index contributed by atoms with van der Waals surface area (Å²) in [7, 11) is 0. The molecule has 0 fully saturated rings. The highest BCUT2D eigenvalue weighted by Crippen LogP contribution is 2.23. The lowest BCUT2D eigenvalue weighted by atomic mass is 10.1. The Morgan fingerprint density at radius 3 is 2.86 bits per heavy atom. The highest BCUT2D eigenvalue weighted by Gasteiger charge is 2.13. The minimum Gasteiger partial charge on any atom is -0.376 e. The van der Waals surface area contributed by atoms with Gasteiger partial charge in [-0.25, -0.2) is 4.98 Å². The van der Waals surface area contributed by atoms with E-state index in [4.69, 9.17) is 24.4 Å². The van der Waals surface area contributed by atoms with Crippen LogP contribution in [0.2, 0.25) is 0 Å². The van der Waals surface area contributed by atoms with Crippen LogP contribution in [0, 0.1) is 12.3 Å². The Morgan fingerprint density at radius 1 is 1.38 bits per heavy atom. The van der Waals surface area contributed by atoms with Crippen molar-refractivity contribution in [2.75, 3.05) is 11.4 Å². The van der Waals surface area contributed by atoms with Gasteiger partial charge in [0.15, 0.2) is 5.11 Å². The van der Waals surface area contributed by atoms with Crippen molar-refractivity contribution in [3.63, 3.8) is 0 Å². The van der Waals surface area contributed by atoms with Crippen LogP contribution >= 0.6 is 28.1 Å². The topological polar surface area (TPSA) is 42.1 Å². The van der Waals surface area contributed by atoms with Gasteiger partial charge in [0.1, 0.15) is 5.82 Å². The second kappa shape index (κ2) is 7.21. The van der Waals surface area contributed by atoms with E-state index >= 15 is 0 Å². The van der Waals surface area contributed by atoms with Gasteiger partial charge in [0, 0.05) is 18.3 Å². The molecule has 1 heterocycles. The van der Waals surface area contributed by atoms with Crippen LogP contribution in [0.3, 0.4) is 0 Å². The lowest BCUT2D eigenvalue weighted by Gasteiger charge is -2.22. The predicted molar refractivity (Wildman–Crippen MR) is 94.1 cm³/mol. The summed E-state index contributed by atoms with van der Waals surface area (Å²) in [4.78, 5) is 6.13. The predicted octanol–water partition coefficient (Wildman–Crippen LogP) is 3.12. The third kappa shape index (κ3) is 4.03. The zero-order valence-electron chi connectivity index (χ0n) is 11.3. The number of rotatable bonds is 4. The fourth-order valence-electron chi connectivity index (χ4n) is 1.95. The van der Waals surface area contributed by atoms with Crippen molar-refractivity contribution >= 4 is 39.1 Å². The summed E-state index contributed by atoms with van der Waals surface area (Å²) in [5, 5.41) is 0.294. The van der Waals surface area contributed by atoms with Crippen molar-refractivity contribution in [2.24, 2.45) is 5.73 Å². The SMILES string of the molecule is C#Cc1cccc(CCN(C(N)=S)c2ncccc2Br)c1. The standard InChI is InChI=1S/C16H14BrN3S/c1-2-12-5-3-6-13(11-12)8-10-20(16(18)21)15-14(17)7-4-9-19-15/h1,3-7,9,11H,8,10H2,(H2,18,21). The average molecular weight is 360 g/mol. The largest absolute Gasteiger partial charge is 0.376 e. The van der Waals surface area contributed by atoms with E-state index in [1.54, 1.807) is 6.20 Å². The molecule has 0 spiro atoms. The van der Waals surface area contributed by atoms with Crippen molar-refractivity contribution in [3.05, 3.63) is 58.2 Å². The monoisotopic (exact) mass is 359 g/mol. The first-order chi connectivity index (χ1) is 10.1. The molecule has 0 aliphatic carbocycles. The molecule has 2 rings (SSSR count). The first-order valence-corrected chi connectivity index (χ1v) is 7.55. The van der Waals surface area contributed by atoms with Gasteiger partial charge in [-0.1, -0.05) is 18.1 Å². The molecule has 21 heavy (non-hydrogen) atoms. The molecular weight excluding hydrogens is 346 g/mol. The molecule has 0 radical (unpaired) electrons. The number of aromatic nitrogens is 1. The lowest BCUT2D eigenvalue weighted by Crippen LogP contribution is -2.37. The Kier molecular flexibility index (Phi) is 5.32. The van der Waals surface area contributed by atoms with E-state index in [9.17, 15) is 0 Å². The number of hydrogen-bond acceptors (Lipinski definition) is 2. The van der Waals surface area contributed by atoms with Crippen LogP contribution < -0.4 is 10.6 Å². The molecule has 0 bridgehead atoms. The fraction of sp³-hybridized carbons (Fsp3) is 0.125. The Bertz CT molecular complexity index is 694. The highest BCUT2D eigenvalue weighted by molar-refractivity contribution is 9.10. The quantitative estimate of drug-likeness (QED) is 0.672. The molecular formula is C16H14BrN3S. The number of anilines is 1. The van der Waals surface area contributed by atoms with Crippen LogP contribution in [0.1, 0.15) is 11.1 Å². The molecule has 0 aliphatic rings. The first kappa shape index (κ1) is 15.5. The molecule has 2 aromatic rings. The Balaban J connectivity index is 2.16. The zero-order valence-corrected chi connectivity index (χ0v) is 13.7. The number of terminal acetylenes is 1. The van der Waals surface area contributed by atoms with E-state index in [0.717, 1.165) is 27.8 Å². The minimum atomic E-state index is 0.294. The molecule has 2 N–H and O–H groups in total. The Labute approximate surface area is 138 Å². The van der Waals surface area contributed by atoms with Gasteiger partial charge in [0.05, 0.1) is 4.47 Å². The number of thiocarbonyl (C=S) groups is 1. The lowest BCUT2D eigenvalue weighted by molar-refractivity contribution is 0.916. The van der Waals surface area contributed by atoms with E-state index in [1.165, 1.54) is 0 Å². The number of pyridine rings is 1. The highest BCUT2D eigenvalue weighted by atomic mass is 79.9. The molecule has 0 unspecified atom stereocenters. The first-order valence-electron chi connectivity index (χ1n) is 6.35. The van der Waals surface area contributed by atoms with Crippen LogP contribution in [-0.2, 0) is 6.42 Å². The third-order valence-corrected chi connectivity index (χ3v) is 3.82. The minimum absolute atomic E-state index is 0.294. The number of nitrogens with zero attached hydrogens (tertiary/aromatic N) is 2. The molecule has 5 heteroatoms. The summed E-state index contributed by atoms with van der Waals surface area (Å²) >= 11 is 8.60. The maximum absolute atomic E-state index is 5.82. The number of nitrogens with two attached hydrogens (primary N) is 1. The van der Waals surface area contributed by atoms with Crippen LogP contribution in [-0.4, -0.2) is 16.6 Å². The van der Waals surface area contributed by atoms with E-state index in [-0.39, 0.29) is 0 Å². The van der Waals surface area contributed by atoms with Crippen LogP contribution in [0.15, 0.2) is 47.1 Å². The summed E-state index contributed by atoms with van der Waals surface area (Å²) in [6.07, 6.45) is 7.90. The summed E-state index contributed by atoms with van der Waals surface area (Å²) in [5.41, 5.74) is 7.83. The normalized spacial score (nSPS) is 9.90. The number of halogens is 1. The Hall–Kier alpha value is -1.90. The average Bonchev–Trinajstić information content (AvgIpc) is 2.49. The molecule has 0 atom stereocenters. The van der Waals surface area contributed by atoms with Gasteiger partial charge >= 0.3 is 0 Å².